The molecule has 1 aliphatic rings. The van der Waals surface area contributed by atoms with Gasteiger partial charge in [0.2, 0.25) is 5.91 Å². The molecule has 1 atom stereocenters. The zero-order valence-electron chi connectivity index (χ0n) is 20.9. The topological polar surface area (TPSA) is 119 Å². The van der Waals surface area contributed by atoms with E-state index in [2.05, 4.69) is 35.7 Å². The number of amides is 2. The molecule has 4 heterocycles. The molecule has 2 amide bonds. The molecule has 9 heteroatoms. The van der Waals surface area contributed by atoms with Gasteiger partial charge in [-0.15, -0.1) is 0 Å². The first-order valence-electron chi connectivity index (χ1n) is 12.3. The van der Waals surface area contributed by atoms with Crippen LogP contribution in [0.4, 0.5) is 11.6 Å². The van der Waals surface area contributed by atoms with Gasteiger partial charge in [-0.25, -0.2) is 15.0 Å². The predicted octanol–water partition coefficient (Wildman–Crippen LogP) is 4.60. The second-order valence-corrected chi connectivity index (χ2v) is 9.41. The Bertz CT molecular complexity index is 1490. The van der Waals surface area contributed by atoms with E-state index in [1.54, 1.807) is 47.8 Å². The summed E-state index contributed by atoms with van der Waals surface area (Å²) in [6.07, 6.45) is 8.18. The molecule has 3 aromatic heterocycles. The summed E-state index contributed by atoms with van der Waals surface area (Å²) < 4.78 is 1.89. The average molecular weight is 496 g/mol. The predicted molar refractivity (Wildman–Crippen MR) is 143 cm³/mol. The van der Waals surface area contributed by atoms with E-state index in [1.807, 2.05) is 16.5 Å². The molecule has 0 aliphatic carbocycles. The molecule has 0 radical (unpaired) electrons. The minimum absolute atomic E-state index is 0.128. The fourth-order valence-corrected chi connectivity index (χ4v) is 4.76. The molecule has 188 valence electrons. The zero-order chi connectivity index (χ0) is 26.1. The highest BCUT2D eigenvalue weighted by Crippen LogP contribution is 2.36. The molecule has 1 aliphatic heterocycles. The number of anilines is 2. The van der Waals surface area contributed by atoms with Gasteiger partial charge in [-0.05, 0) is 48.6 Å². The molecular formula is C28H29N7O2. The van der Waals surface area contributed by atoms with Crippen LogP contribution in [0.2, 0.25) is 0 Å². The number of nitrogen functional groups attached to an aromatic ring is 1. The molecule has 0 saturated carbocycles. The smallest absolute Gasteiger partial charge is 0.256 e. The van der Waals surface area contributed by atoms with Crippen molar-refractivity contribution < 1.29 is 9.59 Å². The molecule has 9 nitrogen and oxygen atoms in total. The number of imidazole rings is 1. The number of nitrogens with two attached hydrogens (primary N) is 1. The lowest BCUT2D eigenvalue weighted by atomic mass is 10.1. The van der Waals surface area contributed by atoms with Gasteiger partial charge in [0.05, 0.1) is 6.04 Å². The molecule has 0 unspecified atom stereocenters. The minimum atomic E-state index is -0.278. The van der Waals surface area contributed by atoms with Gasteiger partial charge < -0.3 is 16.0 Å². The van der Waals surface area contributed by atoms with E-state index < -0.39 is 0 Å². The van der Waals surface area contributed by atoms with Crippen LogP contribution in [-0.2, 0) is 4.79 Å². The summed E-state index contributed by atoms with van der Waals surface area (Å²) in [5.74, 6) is 1.46. The molecule has 3 N–H and O–H groups in total. The molecule has 4 aromatic rings. The van der Waals surface area contributed by atoms with E-state index >= 15 is 0 Å². The standard InChI is InChI=1S/C28H29N7O2/c1-4-23(36)34-13-6-9-21(34)27-33-24(25-26(29)30-12-14-35(25)27)18-7-5-8-19(15-18)28(37)32-22-11-10-20(16-31-22)17(2)3/h4-5,7-8,10-12,14-17,21H,1,6,9,13H2,2-3H3,(H2,29,30)(H,31,32,37)/t21-/m0/s1. The first kappa shape index (κ1) is 24.2. The van der Waals surface area contributed by atoms with Crippen LogP contribution >= 0.6 is 0 Å². The van der Waals surface area contributed by atoms with Gasteiger partial charge in [-0.2, -0.15) is 0 Å². The third-order valence-corrected chi connectivity index (χ3v) is 6.71. The summed E-state index contributed by atoms with van der Waals surface area (Å²) in [6.45, 7) is 8.47. The summed E-state index contributed by atoms with van der Waals surface area (Å²) in [7, 11) is 0. The lowest BCUT2D eigenvalue weighted by molar-refractivity contribution is -0.127. The second kappa shape index (κ2) is 9.85. The highest BCUT2D eigenvalue weighted by molar-refractivity contribution is 6.04. The molecule has 37 heavy (non-hydrogen) atoms. The maximum atomic E-state index is 13.0. The fourth-order valence-electron chi connectivity index (χ4n) is 4.76. The summed E-state index contributed by atoms with van der Waals surface area (Å²) in [5.41, 5.74) is 9.83. The average Bonchev–Trinajstić information content (AvgIpc) is 3.54. The van der Waals surface area contributed by atoms with Crippen molar-refractivity contribution >= 4 is 29.0 Å². The normalized spacial score (nSPS) is 15.3. The van der Waals surface area contributed by atoms with E-state index in [0.29, 0.717) is 46.7 Å². The number of rotatable bonds is 6. The zero-order valence-corrected chi connectivity index (χ0v) is 20.9. The SMILES string of the molecule is C=CC(=O)N1CCC[C@H]1c1nc(-c2cccc(C(=O)Nc3ccc(C(C)C)cn3)c2)c2c(N)nccn12. The number of benzene rings is 1. The van der Waals surface area contributed by atoms with Crippen LogP contribution in [0.5, 0.6) is 0 Å². The summed E-state index contributed by atoms with van der Waals surface area (Å²) in [5, 5.41) is 2.86. The van der Waals surface area contributed by atoms with Crippen LogP contribution < -0.4 is 11.1 Å². The molecular weight excluding hydrogens is 466 g/mol. The number of carbonyl (C=O) groups excluding carboxylic acids is 2. The number of nitrogens with zero attached hydrogens (tertiary/aromatic N) is 5. The van der Waals surface area contributed by atoms with Crippen LogP contribution in [0.25, 0.3) is 16.8 Å². The molecule has 1 saturated heterocycles. The lowest BCUT2D eigenvalue weighted by Gasteiger charge is -2.22. The number of hydrogen-bond acceptors (Lipinski definition) is 6. The van der Waals surface area contributed by atoms with E-state index in [0.717, 1.165) is 24.0 Å². The largest absolute Gasteiger partial charge is 0.382 e. The summed E-state index contributed by atoms with van der Waals surface area (Å²) >= 11 is 0. The Hall–Kier alpha value is -4.53. The molecule has 0 bridgehead atoms. The van der Waals surface area contributed by atoms with E-state index in [-0.39, 0.29) is 17.9 Å². The number of pyridine rings is 1. The monoisotopic (exact) mass is 495 g/mol. The van der Waals surface area contributed by atoms with E-state index in [4.69, 9.17) is 10.7 Å². The van der Waals surface area contributed by atoms with Crippen molar-refractivity contribution in [2.75, 3.05) is 17.6 Å². The first-order valence-corrected chi connectivity index (χ1v) is 12.3. The van der Waals surface area contributed by atoms with Crippen LogP contribution in [0.1, 0.15) is 60.4 Å². The van der Waals surface area contributed by atoms with E-state index in [1.165, 1.54) is 6.08 Å². The summed E-state index contributed by atoms with van der Waals surface area (Å²) in [4.78, 5) is 40.9. The summed E-state index contributed by atoms with van der Waals surface area (Å²) in [6, 6.07) is 10.8. The lowest BCUT2D eigenvalue weighted by Crippen LogP contribution is -2.29. The van der Waals surface area contributed by atoms with Crippen molar-refractivity contribution in [3.05, 3.63) is 84.6 Å². The van der Waals surface area contributed by atoms with Crippen molar-refractivity contribution in [1.82, 2.24) is 24.3 Å². The maximum Gasteiger partial charge on any atom is 0.256 e. The highest BCUT2D eigenvalue weighted by atomic mass is 16.2. The Labute approximate surface area is 215 Å². The van der Waals surface area contributed by atoms with Crippen molar-refractivity contribution in [3.63, 3.8) is 0 Å². The van der Waals surface area contributed by atoms with Crippen molar-refractivity contribution in [2.45, 2.75) is 38.6 Å². The number of carbonyl (C=O) groups is 2. The minimum Gasteiger partial charge on any atom is -0.382 e. The molecule has 0 spiro atoms. The third-order valence-electron chi connectivity index (χ3n) is 6.71. The second-order valence-electron chi connectivity index (χ2n) is 9.41. The molecule has 5 rings (SSSR count). The number of likely N-dealkylation sites (tertiary alicyclic amines) is 1. The quantitative estimate of drug-likeness (QED) is 0.378. The van der Waals surface area contributed by atoms with Crippen LogP contribution in [0.15, 0.2) is 67.6 Å². The van der Waals surface area contributed by atoms with Crippen molar-refractivity contribution in [1.29, 1.82) is 0 Å². The third kappa shape index (κ3) is 4.55. The fraction of sp³-hybridized carbons (Fsp3) is 0.250. The Balaban J connectivity index is 1.51. The van der Waals surface area contributed by atoms with Crippen LogP contribution in [0.3, 0.4) is 0 Å². The Morgan fingerprint density at radius 1 is 1.22 bits per heavy atom. The van der Waals surface area contributed by atoms with Gasteiger partial charge in [0.25, 0.3) is 5.91 Å². The van der Waals surface area contributed by atoms with Gasteiger partial charge in [-0.1, -0.05) is 38.6 Å². The van der Waals surface area contributed by atoms with Crippen molar-refractivity contribution in [3.8, 4) is 11.3 Å². The number of fused-ring (bicyclic) bond motifs is 1. The maximum absolute atomic E-state index is 13.0. The molecule has 1 fully saturated rings. The van der Waals surface area contributed by atoms with Gasteiger partial charge in [0.1, 0.15) is 28.7 Å². The highest BCUT2D eigenvalue weighted by Gasteiger charge is 2.33. The van der Waals surface area contributed by atoms with Crippen molar-refractivity contribution in [2.24, 2.45) is 0 Å². The number of hydrogen-bond donors (Lipinski definition) is 2. The van der Waals surface area contributed by atoms with Gasteiger partial charge in [0, 0.05) is 36.3 Å². The van der Waals surface area contributed by atoms with Gasteiger partial charge >= 0.3 is 0 Å². The molecule has 1 aromatic carbocycles. The Morgan fingerprint density at radius 3 is 2.78 bits per heavy atom. The van der Waals surface area contributed by atoms with Crippen LogP contribution in [-0.4, -0.2) is 42.6 Å². The first-order chi connectivity index (χ1) is 17.9. The van der Waals surface area contributed by atoms with Gasteiger partial charge in [0.15, 0.2) is 0 Å². The number of aromatic nitrogens is 4. The number of nitrogens with one attached hydrogen (secondary N) is 1. The Morgan fingerprint density at radius 2 is 2.05 bits per heavy atom. The van der Waals surface area contributed by atoms with Gasteiger partial charge in [-0.3, -0.25) is 14.0 Å². The van der Waals surface area contributed by atoms with E-state index in [9.17, 15) is 9.59 Å². The Kier molecular flexibility index (Phi) is 6.43. The van der Waals surface area contributed by atoms with Crippen LogP contribution in [0, 0.1) is 0 Å².